The molecule has 3 rings (SSSR count). The molecule has 0 amide bonds. The zero-order valence-electron chi connectivity index (χ0n) is 18.4. The Balaban J connectivity index is 1.95. The molecule has 0 heterocycles. The van der Waals surface area contributed by atoms with E-state index in [1.807, 2.05) is 49.4 Å². The normalized spacial score (nSPS) is 10.2. The van der Waals surface area contributed by atoms with Gasteiger partial charge in [0.05, 0.1) is 0 Å². The average molecular weight is 428 g/mol. The number of aryl methyl sites for hydroxylation is 1. The third-order valence-corrected chi connectivity index (χ3v) is 4.57. The number of ether oxygens (including phenoxy) is 2. The van der Waals surface area contributed by atoms with Gasteiger partial charge in [-0.25, -0.2) is 9.59 Å². The van der Waals surface area contributed by atoms with Crippen LogP contribution in [0.3, 0.4) is 0 Å². The lowest BCUT2D eigenvalue weighted by Gasteiger charge is -2.26. The van der Waals surface area contributed by atoms with Gasteiger partial charge in [-0.3, -0.25) is 0 Å². The van der Waals surface area contributed by atoms with Gasteiger partial charge >= 0.3 is 11.9 Å². The number of esters is 2. The van der Waals surface area contributed by atoms with Crippen molar-refractivity contribution in [2.75, 3.05) is 4.90 Å². The number of hydrogen-bond donors (Lipinski definition) is 0. The van der Waals surface area contributed by atoms with E-state index in [1.54, 1.807) is 38.1 Å². The van der Waals surface area contributed by atoms with Gasteiger partial charge in [0.15, 0.2) is 0 Å². The summed E-state index contributed by atoms with van der Waals surface area (Å²) in [6.45, 7) is 12.4. The molecule has 0 atom stereocenters. The van der Waals surface area contributed by atoms with Gasteiger partial charge in [0.2, 0.25) is 0 Å². The van der Waals surface area contributed by atoms with E-state index in [2.05, 4.69) is 24.1 Å². The number of carbonyl (C=O) groups is 2. The van der Waals surface area contributed by atoms with E-state index >= 15 is 0 Å². The Morgan fingerprint density at radius 1 is 0.688 bits per heavy atom. The van der Waals surface area contributed by atoms with E-state index in [-0.39, 0.29) is 0 Å². The zero-order chi connectivity index (χ0) is 23.3. The molecule has 3 aromatic rings. The molecule has 5 nitrogen and oxygen atoms in total. The first kappa shape index (κ1) is 22.6. The van der Waals surface area contributed by atoms with Crippen molar-refractivity contribution < 1.29 is 19.1 Å². The molecule has 162 valence electrons. The van der Waals surface area contributed by atoms with Crippen LogP contribution in [0, 0.1) is 6.92 Å². The molecule has 0 saturated heterocycles. The van der Waals surface area contributed by atoms with Gasteiger partial charge in [0.25, 0.3) is 0 Å². The van der Waals surface area contributed by atoms with Crippen molar-refractivity contribution >= 4 is 29.0 Å². The van der Waals surface area contributed by atoms with Crippen LogP contribution in [-0.4, -0.2) is 11.9 Å². The van der Waals surface area contributed by atoms with Crippen molar-refractivity contribution in [1.29, 1.82) is 0 Å². The third-order valence-electron chi connectivity index (χ3n) is 4.57. The molecule has 5 heteroatoms. The summed E-state index contributed by atoms with van der Waals surface area (Å²) < 4.78 is 10.6. The first-order chi connectivity index (χ1) is 15.2. The summed E-state index contributed by atoms with van der Waals surface area (Å²) >= 11 is 0. The van der Waals surface area contributed by atoms with E-state index in [4.69, 9.17) is 9.47 Å². The SMILES string of the molecule is C=C(C)C(=O)Oc1ccc(N(c2ccc(OC(=O)C(=C)C)cc2)c2cccc(C)c2)cc1. The summed E-state index contributed by atoms with van der Waals surface area (Å²) in [5, 5.41) is 0. The number of hydrogen-bond acceptors (Lipinski definition) is 5. The molecule has 3 aromatic carbocycles. The zero-order valence-corrected chi connectivity index (χ0v) is 18.4. The van der Waals surface area contributed by atoms with E-state index in [9.17, 15) is 9.59 Å². The molecule has 0 aromatic heterocycles. The lowest BCUT2D eigenvalue weighted by atomic mass is 10.1. The van der Waals surface area contributed by atoms with Crippen molar-refractivity contribution in [3.05, 3.63) is 103 Å². The third kappa shape index (κ3) is 5.52. The quantitative estimate of drug-likeness (QED) is 0.247. The summed E-state index contributed by atoms with van der Waals surface area (Å²) in [4.78, 5) is 25.6. The van der Waals surface area contributed by atoms with Gasteiger partial charge in [-0.2, -0.15) is 0 Å². The highest BCUT2D eigenvalue weighted by molar-refractivity contribution is 5.89. The second-order valence-corrected chi connectivity index (χ2v) is 7.50. The van der Waals surface area contributed by atoms with Gasteiger partial charge < -0.3 is 14.4 Å². The monoisotopic (exact) mass is 427 g/mol. The number of rotatable bonds is 7. The molecular formula is C27H25NO4. The van der Waals surface area contributed by atoms with E-state index in [0.717, 1.165) is 22.6 Å². The van der Waals surface area contributed by atoms with Gasteiger partial charge in [-0.1, -0.05) is 25.3 Å². The minimum atomic E-state index is -0.465. The highest BCUT2D eigenvalue weighted by Crippen LogP contribution is 2.36. The molecule has 0 saturated carbocycles. The number of anilines is 3. The van der Waals surface area contributed by atoms with Crippen LogP contribution in [0.2, 0.25) is 0 Å². The lowest BCUT2D eigenvalue weighted by Crippen LogP contribution is -2.11. The van der Waals surface area contributed by atoms with Gasteiger partial charge in [0, 0.05) is 28.2 Å². The summed E-state index contributed by atoms with van der Waals surface area (Å²) in [5.41, 5.74) is 4.50. The van der Waals surface area contributed by atoms with Crippen LogP contribution in [0.4, 0.5) is 17.1 Å². The fourth-order valence-electron chi connectivity index (χ4n) is 2.93. The van der Waals surface area contributed by atoms with E-state index < -0.39 is 11.9 Å². The Bertz CT molecular complexity index is 1090. The van der Waals surface area contributed by atoms with Crippen molar-refractivity contribution in [1.82, 2.24) is 0 Å². The highest BCUT2D eigenvalue weighted by atomic mass is 16.5. The Morgan fingerprint density at radius 2 is 1.12 bits per heavy atom. The summed E-state index contributed by atoms with van der Waals surface area (Å²) in [7, 11) is 0. The van der Waals surface area contributed by atoms with Gasteiger partial charge in [-0.05, 0) is 87.0 Å². The molecule has 0 unspecified atom stereocenters. The van der Waals surface area contributed by atoms with E-state index in [1.165, 1.54) is 0 Å². The maximum absolute atomic E-state index is 11.8. The largest absolute Gasteiger partial charge is 0.423 e. The number of nitrogens with zero attached hydrogens (tertiary/aromatic N) is 1. The molecule has 32 heavy (non-hydrogen) atoms. The predicted octanol–water partition coefficient (Wildman–Crippen LogP) is 6.43. The van der Waals surface area contributed by atoms with Crippen molar-refractivity contribution in [3.63, 3.8) is 0 Å². The lowest BCUT2D eigenvalue weighted by molar-refractivity contribution is -0.130. The Kier molecular flexibility index (Phi) is 6.90. The van der Waals surface area contributed by atoms with Gasteiger partial charge in [-0.15, -0.1) is 0 Å². The number of carbonyl (C=O) groups excluding carboxylic acids is 2. The summed E-state index contributed by atoms with van der Waals surface area (Å²) in [6.07, 6.45) is 0. The van der Waals surface area contributed by atoms with Crippen LogP contribution in [0.25, 0.3) is 0 Å². The first-order valence-corrected chi connectivity index (χ1v) is 10.1. The predicted molar refractivity (Wildman–Crippen MR) is 127 cm³/mol. The van der Waals surface area contributed by atoms with Gasteiger partial charge in [0.1, 0.15) is 11.5 Å². The molecule has 0 aliphatic rings. The second-order valence-electron chi connectivity index (χ2n) is 7.50. The Morgan fingerprint density at radius 3 is 1.50 bits per heavy atom. The molecule has 0 spiro atoms. The van der Waals surface area contributed by atoms with Crippen LogP contribution < -0.4 is 14.4 Å². The smallest absolute Gasteiger partial charge is 0.338 e. The summed E-state index contributed by atoms with van der Waals surface area (Å²) in [5.74, 6) is -0.0534. The van der Waals surface area contributed by atoms with Crippen LogP contribution in [0.15, 0.2) is 97.1 Å². The first-order valence-electron chi connectivity index (χ1n) is 10.1. The Labute approximate surface area is 188 Å². The second kappa shape index (κ2) is 9.79. The van der Waals surface area contributed by atoms with Crippen LogP contribution in [0.5, 0.6) is 11.5 Å². The molecule has 0 aliphatic heterocycles. The van der Waals surface area contributed by atoms with Crippen molar-refractivity contribution in [3.8, 4) is 11.5 Å². The molecular weight excluding hydrogens is 402 g/mol. The topological polar surface area (TPSA) is 55.8 Å². The molecule has 0 fully saturated rings. The van der Waals surface area contributed by atoms with Crippen LogP contribution in [-0.2, 0) is 9.59 Å². The molecule has 0 radical (unpaired) electrons. The minimum absolute atomic E-state index is 0.336. The number of benzene rings is 3. The van der Waals surface area contributed by atoms with Crippen molar-refractivity contribution in [2.24, 2.45) is 0 Å². The minimum Gasteiger partial charge on any atom is -0.423 e. The molecule has 0 N–H and O–H groups in total. The van der Waals surface area contributed by atoms with Crippen LogP contribution >= 0.6 is 0 Å². The van der Waals surface area contributed by atoms with Crippen molar-refractivity contribution in [2.45, 2.75) is 20.8 Å². The standard InChI is InChI=1S/C27H25NO4/c1-18(2)26(29)31-24-13-9-21(10-14-24)28(23-8-6-7-20(5)17-23)22-11-15-25(16-12-22)32-27(30)19(3)4/h6-17H,1,3H2,2,4-5H3. The van der Waals surface area contributed by atoms with E-state index in [0.29, 0.717) is 22.6 Å². The Hall–Kier alpha value is -4.12. The summed E-state index contributed by atoms with van der Waals surface area (Å²) in [6, 6.07) is 22.5. The molecule has 0 bridgehead atoms. The maximum atomic E-state index is 11.8. The fraction of sp³-hybridized carbons (Fsp3) is 0.111. The average Bonchev–Trinajstić information content (AvgIpc) is 2.76. The fourth-order valence-corrected chi connectivity index (χ4v) is 2.93. The van der Waals surface area contributed by atoms with Crippen LogP contribution in [0.1, 0.15) is 19.4 Å². The maximum Gasteiger partial charge on any atom is 0.338 e. The molecule has 0 aliphatic carbocycles. The highest BCUT2D eigenvalue weighted by Gasteiger charge is 2.14.